The number of rotatable bonds is 0. The van der Waals surface area contributed by atoms with Crippen LogP contribution in [0.2, 0.25) is 0 Å². The van der Waals surface area contributed by atoms with E-state index in [0.717, 1.165) is 6.92 Å². The summed E-state index contributed by atoms with van der Waals surface area (Å²) in [5.74, 6) is -0.833. The molecule has 2 nitrogen and oxygen atoms in total. The van der Waals surface area contributed by atoms with Gasteiger partial charge in [-0.25, -0.2) is 0 Å². The average molecular weight is 149 g/mol. The van der Waals surface area contributed by atoms with Crippen molar-refractivity contribution in [3.05, 3.63) is 0 Å². The maximum atomic E-state index is 9.00. The first-order valence-electron chi connectivity index (χ1n) is 0.928. The average Bonchev–Trinajstić information content (AvgIpc) is 0.811. The third kappa shape index (κ3) is 71.4. The first kappa shape index (κ1) is 15.7. The van der Waals surface area contributed by atoms with Crippen molar-refractivity contribution >= 4 is 35.5 Å². The van der Waals surface area contributed by atoms with Crippen LogP contribution in [0.5, 0.6) is 0 Å². The molecule has 0 aliphatic carbocycles. The van der Waals surface area contributed by atoms with Gasteiger partial charge in [-0.05, 0) is 0 Å². The van der Waals surface area contributed by atoms with Crippen LogP contribution in [0.1, 0.15) is 6.92 Å². The van der Waals surface area contributed by atoms with Crippen LogP contribution in [0.15, 0.2) is 0 Å². The molecule has 0 radical (unpaired) electrons. The molecule has 1 N–H and O–H groups in total. The quantitative estimate of drug-likeness (QED) is 0.469. The van der Waals surface area contributed by atoms with E-state index in [0.29, 0.717) is 0 Å². The number of carbonyl (C=O) groups is 1. The monoisotopic (exact) mass is 148 g/mol. The smallest absolute Gasteiger partial charge is 0 e. The Hall–Kier alpha value is 1.09. The molecule has 6 heavy (non-hydrogen) atoms. The van der Waals surface area contributed by atoms with Crippen molar-refractivity contribution in [2.24, 2.45) is 0 Å². The molecule has 0 aromatic carbocycles. The summed E-state index contributed by atoms with van der Waals surface area (Å²) >= 11 is 0. The second-order valence-electron chi connectivity index (χ2n) is 0.519. The van der Waals surface area contributed by atoms with Crippen LogP contribution in [0.25, 0.3) is 0 Å². The summed E-state index contributed by atoms with van der Waals surface area (Å²) in [6, 6.07) is 0. The fraction of sp³-hybridized carbons (Fsp3) is 0.500. The first-order valence-corrected chi connectivity index (χ1v) is 0.928. The van der Waals surface area contributed by atoms with Gasteiger partial charge in [0.25, 0.3) is 5.97 Å². The van der Waals surface area contributed by atoms with Crippen molar-refractivity contribution in [3.8, 4) is 0 Å². The summed E-state index contributed by atoms with van der Waals surface area (Å²) < 4.78 is 0. The molecule has 0 spiro atoms. The standard InChI is InChI=1S/C2H4O2.Na.Zn.H/c1-2(3)4;;;/h1H3,(H,3,4);;;. The van der Waals surface area contributed by atoms with Crippen LogP contribution in [0, 0.1) is 0 Å². The van der Waals surface area contributed by atoms with Crippen molar-refractivity contribution in [2.45, 2.75) is 6.92 Å². The molecule has 0 aliphatic rings. The molecule has 0 heterocycles. The van der Waals surface area contributed by atoms with E-state index in [9.17, 15) is 0 Å². The molecule has 0 rings (SSSR count). The predicted molar refractivity (Wildman–Crippen MR) is 20.5 cm³/mol. The second-order valence-corrected chi connectivity index (χ2v) is 0.519. The van der Waals surface area contributed by atoms with Gasteiger partial charge in [-0.2, -0.15) is 0 Å². The van der Waals surface area contributed by atoms with E-state index >= 15 is 0 Å². The van der Waals surface area contributed by atoms with E-state index in [4.69, 9.17) is 9.90 Å². The molecule has 0 aromatic heterocycles. The minimum atomic E-state index is -0.833. The molecule has 0 saturated heterocycles. The fourth-order valence-electron chi connectivity index (χ4n) is 0. The molecule has 0 bridgehead atoms. The molecular weight excluding hydrogens is 144 g/mol. The predicted octanol–water partition coefficient (Wildman–Crippen LogP) is -0.560. The van der Waals surface area contributed by atoms with Crippen LogP contribution < -0.4 is 0 Å². The molecule has 28 valence electrons. The second kappa shape index (κ2) is 9.43. The summed E-state index contributed by atoms with van der Waals surface area (Å²) in [5, 5.41) is 7.42. The number of carboxylic acids is 1. The maximum Gasteiger partial charge on any atom is 0 e. The Bertz CT molecular complexity index is 34.5. The molecular formula is C2H5NaO2Zn. The van der Waals surface area contributed by atoms with Crippen molar-refractivity contribution in [3.63, 3.8) is 0 Å². The minimum absolute atomic E-state index is 0. The maximum absolute atomic E-state index is 9.00. The SMILES string of the molecule is CC(=O)O.[NaH].[Zn]. The van der Waals surface area contributed by atoms with E-state index in [1.165, 1.54) is 0 Å². The Kier molecular flexibility index (Phi) is 24.7. The van der Waals surface area contributed by atoms with E-state index in [1.807, 2.05) is 0 Å². The Balaban J connectivity index is -0.0000000450. The van der Waals surface area contributed by atoms with Gasteiger partial charge in [0.05, 0.1) is 0 Å². The summed E-state index contributed by atoms with van der Waals surface area (Å²) in [5.41, 5.74) is 0. The van der Waals surface area contributed by atoms with Crippen molar-refractivity contribution < 1.29 is 29.4 Å². The molecule has 0 amide bonds. The van der Waals surface area contributed by atoms with Crippen LogP contribution in [-0.4, -0.2) is 40.6 Å². The van der Waals surface area contributed by atoms with Gasteiger partial charge in [-0.15, -0.1) is 0 Å². The zero-order valence-electron chi connectivity index (χ0n) is 3.06. The molecule has 0 fully saturated rings. The van der Waals surface area contributed by atoms with E-state index in [-0.39, 0.29) is 49.0 Å². The third-order valence-electron chi connectivity index (χ3n) is 0. The van der Waals surface area contributed by atoms with Crippen LogP contribution >= 0.6 is 0 Å². The Morgan fingerprint density at radius 2 is 1.67 bits per heavy atom. The van der Waals surface area contributed by atoms with Gasteiger partial charge in [0.1, 0.15) is 0 Å². The molecule has 0 aromatic rings. The van der Waals surface area contributed by atoms with Crippen molar-refractivity contribution in [2.75, 3.05) is 0 Å². The van der Waals surface area contributed by atoms with Gasteiger partial charge in [-0.3, -0.25) is 4.79 Å². The minimum Gasteiger partial charge on any atom is 0 e. The number of carboxylic acid groups (broad SMARTS) is 1. The normalized spacial score (nSPS) is 4.17. The topological polar surface area (TPSA) is 37.3 Å². The molecule has 0 saturated carbocycles. The zero-order valence-corrected chi connectivity index (χ0v) is 6.03. The molecule has 0 atom stereocenters. The molecule has 0 aliphatic heterocycles. The molecule has 4 heteroatoms. The molecule has 0 unspecified atom stereocenters. The number of hydrogen-bond acceptors (Lipinski definition) is 1. The zero-order chi connectivity index (χ0) is 3.58. The summed E-state index contributed by atoms with van der Waals surface area (Å²) in [6.07, 6.45) is 0. The number of aliphatic carboxylic acids is 1. The Morgan fingerprint density at radius 3 is 1.67 bits per heavy atom. The van der Waals surface area contributed by atoms with Gasteiger partial charge in [0.15, 0.2) is 0 Å². The Labute approximate surface area is 71.4 Å². The van der Waals surface area contributed by atoms with Gasteiger partial charge in [-0.1, -0.05) is 0 Å². The van der Waals surface area contributed by atoms with Gasteiger partial charge < -0.3 is 5.11 Å². The summed E-state index contributed by atoms with van der Waals surface area (Å²) in [6.45, 7) is 1.08. The fourth-order valence-corrected chi connectivity index (χ4v) is 0. The summed E-state index contributed by atoms with van der Waals surface area (Å²) in [4.78, 5) is 9.00. The largest absolute Gasteiger partial charge is 0 e. The van der Waals surface area contributed by atoms with E-state index in [1.54, 1.807) is 0 Å². The van der Waals surface area contributed by atoms with Crippen LogP contribution in [0.4, 0.5) is 0 Å². The van der Waals surface area contributed by atoms with Gasteiger partial charge >= 0.3 is 29.6 Å². The third-order valence-corrected chi connectivity index (χ3v) is 0. The van der Waals surface area contributed by atoms with Gasteiger partial charge in [0, 0.05) is 26.4 Å². The van der Waals surface area contributed by atoms with Crippen LogP contribution in [-0.2, 0) is 24.3 Å². The summed E-state index contributed by atoms with van der Waals surface area (Å²) in [7, 11) is 0. The van der Waals surface area contributed by atoms with Crippen molar-refractivity contribution in [1.29, 1.82) is 0 Å². The van der Waals surface area contributed by atoms with E-state index in [2.05, 4.69) is 0 Å². The van der Waals surface area contributed by atoms with Crippen LogP contribution in [0.3, 0.4) is 0 Å². The van der Waals surface area contributed by atoms with Gasteiger partial charge in [0.2, 0.25) is 0 Å². The van der Waals surface area contributed by atoms with Crippen molar-refractivity contribution in [1.82, 2.24) is 0 Å². The first-order chi connectivity index (χ1) is 1.73. The van der Waals surface area contributed by atoms with E-state index < -0.39 is 5.97 Å². The number of hydrogen-bond donors (Lipinski definition) is 1. The Morgan fingerprint density at radius 1 is 1.67 bits per heavy atom.